The molecule has 1 saturated heterocycles. The van der Waals surface area contributed by atoms with Crippen molar-refractivity contribution in [2.24, 2.45) is 11.8 Å². The molecule has 1 heterocycles. The predicted octanol–water partition coefficient (Wildman–Crippen LogP) is 1.75. The van der Waals surface area contributed by atoms with Crippen molar-refractivity contribution in [1.82, 2.24) is 4.90 Å². The quantitative estimate of drug-likeness (QED) is 0.610. The number of hydrogen-bond acceptors (Lipinski definition) is 1. The zero-order valence-electron chi connectivity index (χ0n) is 7.86. The smallest absolute Gasteiger partial charge is 0.329 e. The van der Waals surface area contributed by atoms with Crippen molar-refractivity contribution in [3.05, 3.63) is 12.8 Å². The maximum absolute atomic E-state index is 2.53. The summed E-state index contributed by atoms with van der Waals surface area (Å²) in [5.74, 6) is 1.72. The van der Waals surface area contributed by atoms with E-state index in [0.29, 0.717) is 0 Å². The van der Waals surface area contributed by atoms with Gasteiger partial charge in [-0.05, 0) is 19.6 Å². The molecule has 0 unspecified atom stereocenters. The fourth-order valence-corrected chi connectivity index (χ4v) is 2.47. The van der Waals surface area contributed by atoms with Gasteiger partial charge in [-0.2, -0.15) is 11.8 Å². The SMILES string of the molecule is C[C@@H]1[C@H]2[CH-]CC[CH-][C@H]2CN1C.[W+2]. The Labute approximate surface area is 90.2 Å². The van der Waals surface area contributed by atoms with Crippen molar-refractivity contribution < 1.29 is 21.1 Å². The summed E-state index contributed by atoms with van der Waals surface area (Å²) >= 11 is 0. The van der Waals surface area contributed by atoms with Crippen molar-refractivity contribution in [2.75, 3.05) is 13.6 Å². The molecule has 2 aliphatic rings. The van der Waals surface area contributed by atoms with Gasteiger partial charge in [0, 0.05) is 0 Å². The van der Waals surface area contributed by atoms with Crippen molar-refractivity contribution in [1.29, 1.82) is 0 Å². The standard InChI is InChI=1S/C10H17N.W/c1-8-10-6-4-3-5-9(10)7-11(8)2;/h5-6,8-10H,3-4,7H2,1-2H3;/q-2;+2/t8-,9+,10-;/m1./s1. The normalized spacial score (nSPS) is 42.0. The van der Waals surface area contributed by atoms with Crippen molar-refractivity contribution in [2.45, 2.75) is 25.8 Å². The van der Waals surface area contributed by atoms with E-state index in [0.717, 1.165) is 17.9 Å². The van der Waals surface area contributed by atoms with Crippen LogP contribution >= 0.6 is 0 Å². The molecule has 68 valence electrons. The number of rotatable bonds is 0. The van der Waals surface area contributed by atoms with Crippen LogP contribution in [0.25, 0.3) is 0 Å². The van der Waals surface area contributed by atoms with Gasteiger partial charge in [-0.15, -0.1) is 0 Å². The molecule has 1 saturated carbocycles. The van der Waals surface area contributed by atoms with Gasteiger partial charge >= 0.3 is 21.1 Å². The summed E-state index contributed by atoms with van der Waals surface area (Å²) in [6, 6.07) is 0.775. The molecule has 0 aromatic heterocycles. The Balaban J connectivity index is 0.000000720. The first-order valence-electron chi connectivity index (χ1n) is 4.66. The molecule has 0 aromatic carbocycles. The molecule has 2 fully saturated rings. The molecule has 0 N–H and O–H groups in total. The molecule has 2 rings (SSSR count). The van der Waals surface area contributed by atoms with E-state index >= 15 is 0 Å². The molecular formula is C10H17NW. The van der Waals surface area contributed by atoms with Gasteiger partial charge in [0.05, 0.1) is 0 Å². The number of hydrogen-bond donors (Lipinski definition) is 0. The third kappa shape index (κ3) is 1.77. The summed E-state index contributed by atoms with van der Waals surface area (Å²) in [6.45, 7) is 3.63. The average molecular weight is 335 g/mol. The fraction of sp³-hybridized carbons (Fsp3) is 0.800. The van der Waals surface area contributed by atoms with E-state index in [1.54, 1.807) is 0 Å². The summed E-state index contributed by atoms with van der Waals surface area (Å²) in [5, 5.41) is 0. The molecule has 2 heteroatoms. The third-order valence-corrected chi connectivity index (χ3v) is 3.32. The van der Waals surface area contributed by atoms with Gasteiger partial charge in [0.25, 0.3) is 0 Å². The van der Waals surface area contributed by atoms with Gasteiger partial charge in [-0.3, -0.25) is 0 Å². The van der Waals surface area contributed by atoms with Gasteiger partial charge < -0.3 is 17.7 Å². The van der Waals surface area contributed by atoms with E-state index in [4.69, 9.17) is 0 Å². The first kappa shape index (κ1) is 10.7. The van der Waals surface area contributed by atoms with Gasteiger partial charge in [-0.1, -0.05) is 6.92 Å². The third-order valence-electron chi connectivity index (χ3n) is 3.32. The zero-order valence-corrected chi connectivity index (χ0v) is 10.8. The van der Waals surface area contributed by atoms with Crippen LogP contribution in [-0.4, -0.2) is 24.5 Å². The zero-order chi connectivity index (χ0) is 7.84. The molecule has 0 aromatic rings. The maximum Gasteiger partial charge on any atom is 2.00 e. The predicted molar refractivity (Wildman–Crippen MR) is 46.9 cm³/mol. The number of nitrogens with zero attached hydrogens (tertiary/aromatic N) is 1. The summed E-state index contributed by atoms with van der Waals surface area (Å²) in [6.07, 6.45) is 7.66. The molecular weight excluding hydrogens is 318 g/mol. The summed E-state index contributed by atoms with van der Waals surface area (Å²) in [4.78, 5) is 2.48. The van der Waals surface area contributed by atoms with Gasteiger partial charge in [-0.25, -0.2) is 12.8 Å². The van der Waals surface area contributed by atoms with Crippen LogP contribution < -0.4 is 0 Å². The topological polar surface area (TPSA) is 3.24 Å². The van der Waals surface area contributed by atoms with Crippen LogP contribution in [0.2, 0.25) is 0 Å². The Bertz CT molecular complexity index is 149. The van der Waals surface area contributed by atoms with Crippen LogP contribution in [0.3, 0.4) is 0 Å². The monoisotopic (exact) mass is 335 g/mol. The Hall–Kier alpha value is 0.648. The van der Waals surface area contributed by atoms with Crippen LogP contribution in [0.4, 0.5) is 0 Å². The molecule has 12 heavy (non-hydrogen) atoms. The molecule has 0 bridgehead atoms. The first-order valence-corrected chi connectivity index (χ1v) is 4.66. The first-order chi connectivity index (χ1) is 5.29. The molecule has 3 atom stereocenters. The van der Waals surface area contributed by atoms with Crippen molar-refractivity contribution in [3.63, 3.8) is 0 Å². The van der Waals surface area contributed by atoms with Crippen LogP contribution in [-0.2, 0) is 21.1 Å². The molecule has 1 aliphatic heterocycles. The van der Waals surface area contributed by atoms with Crippen LogP contribution in [0, 0.1) is 24.7 Å². The van der Waals surface area contributed by atoms with Gasteiger partial charge in [0.2, 0.25) is 0 Å². The second-order valence-electron chi connectivity index (χ2n) is 3.97. The van der Waals surface area contributed by atoms with E-state index in [-0.39, 0.29) is 21.1 Å². The Kier molecular flexibility index (Phi) is 3.79. The van der Waals surface area contributed by atoms with E-state index in [2.05, 4.69) is 31.7 Å². The van der Waals surface area contributed by atoms with Crippen molar-refractivity contribution in [3.8, 4) is 0 Å². The summed E-state index contributed by atoms with van der Waals surface area (Å²) in [5.41, 5.74) is 0. The maximum atomic E-state index is 2.53. The minimum atomic E-state index is 0. The minimum absolute atomic E-state index is 0. The van der Waals surface area contributed by atoms with Crippen LogP contribution in [0.1, 0.15) is 19.8 Å². The van der Waals surface area contributed by atoms with E-state index in [1.165, 1.54) is 19.4 Å². The van der Waals surface area contributed by atoms with Gasteiger partial charge in [0.15, 0.2) is 0 Å². The summed E-state index contributed by atoms with van der Waals surface area (Å²) < 4.78 is 0. The fourth-order valence-electron chi connectivity index (χ4n) is 2.47. The molecule has 1 nitrogen and oxygen atoms in total. The molecule has 0 amide bonds. The van der Waals surface area contributed by atoms with Gasteiger partial charge in [0.1, 0.15) is 0 Å². The Morgan fingerprint density at radius 1 is 1.25 bits per heavy atom. The average Bonchev–Trinajstić information content (AvgIpc) is 2.30. The Morgan fingerprint density at radius 2 is 1.92 bits per heavy atom. The minimum Gasteiger partial charge on any atom is -0.329 e. The Morgan fingerprint density at radius 3 is 2.58 bits per heavy atom. The molecule has 1 aliphatic carbocycles. The number of likely N-dealkylation sites (tertiary alicyclic amines) is 1. The molecule has 0 radical (unpaired) electrons. The van der Waals surface area contributed by atoms with Crippen molar-refractivity contribution >= 4 is 0 Å². The second-order valence-corrected chi connectivity index (χ2v) is 3.97. The molecule has 0 spiro atoms. The number of fused-ring (bicyclic) bond motifs is 1. The summed E-state index contributed by atoms with van der Waals surface area (Å²) in [7, 11) is 2.24. The van der Waals surface area contributed by atoms with E-state index in [1.807, 2.05) is 0 Å². The van der Waals surface area contributed by atoms with Crippen LogP contribution in [0.5, 0.6) is 0 Å². The van der Waals surface area contributed by atoms with E-state index in [9.17, 15) is 0 Å². The largest absolute Gasteiger partial charge is 2.00 e. The van der Waals surface area contributed by atoms with Crippen LogP contribution in [0.15, 0.2) is 0 Å². The van der Waals surface area contributed by atoms with E-state index < -0.39 is 0 Å². The second kappa shape index (κ2) is 4.24.